The summed E-state index contributed by atoms with van der Waals surface area (Å²) in [6, 6.07) is 9.06. The molecule has 0 aliphatic rings. The predicted molar refractivity (Wildman–Crippen MR) is 74.5 cm³/mol. The van der Waals surface area contributed by atoms with Crippen LogP contribution >= 0.6 is 0 Å². The fraction of sp³-hybridized carbons (Fsp3) is 0.0667. The van der Waals surface area contributed by atoms with E-state index >= 15 is 0 Å². The number of halogens is 1. The van der Waals surface area contributed by atoms with Crippen LogP contribution < -0.4 is 4.74 Å². The van der Waals surface area contributed by atoms with Crippen molar-refractivity contribution in [1.82, 2.24) is 9.55 Å². The number of nitrogens with zero attached hydrogens (tertiary/aromatic N) is 2. The van der Waals surface area contributed by atoms with E-state index in [2.05, 4.69) is 4.98 Å². The topological polar surface area (TPSA) is 64.4 Å². The van der Waals surface area contributed by atoms with Crippen molar-refractivity contribution in [3.8, 4) is 11.4 Å². The highest BCUT2D eigenvalue weighted by Crippen LogP contribution is 2.24. The van der Waals surface area contributed by atoms with Crippen molar-refractivity contribution in [2.24, 2.45) is 0 Å². The number of benzene rings is 2. The molecule has 3 aromatic rings. The molecular weight excluding hydrogens is 275 g/mol. The highest BCUT2D eigenvalue weighted by molar-refractivity contribution is 5.92. The average Bonchev–Trinajstić information content (AvgIpc) is 2.90. The summed E-state index contributed by atoms with van der Waals surface area (Å²) in [6.45, 7) is 0. The van der Waals surface area contributed by atoms with Crippen molar-refractivity contribution in [2.75, 3.05) is 7.11 Å². The van der Waals surface area contributed by atoms with E-state index in [0.717, 1.165) is 0 Å². The Bertz CT molecular complexity index is 842. The van der Waals surface area contributed by atoms with Crippen molar-refractivity contribution in [2.45, 2.75) is 0 Å². The number of methoxy groups -OCH3 is 1. The highest BCUT2D eigenvalue weighted by Gasteiger charge is 2.11. The summed E-state index contributed by atoms with van der Waals surface area (Å²) in [5.74, 6) is -1.36. The normalized spacial score (nSPS) is 10.8. The molecule has 106 valence electrons. The van der Waals surface area contributed by atoms with Crippen molar-refractivity contribution in [3.05, 3.63) is 54.1 Å². The summed E-state index contributed by atoms with van der Waals surface area (Å²) in [5, 5.41) is 9.06. The van der Waals surface area contributed by atoms with Crippen LogP contribution in [0, 0.1) is 5.82 Å². The average molecular weight is 286 g/mol. The molecule has 0 saturated carbocycles. The van der Waals surface area contributed by atoms with Gasteiger partial charge in [-0.15, -0.1) is 0 Å². The molecule has 0 radical (unpaired) electrons. The molecular formula is C15H11FN2O3. The molecule has 6 heteroatoms. The number of aromatic nitrogens is 2. The van der Waals surface area contributed by atoms with Gasteiger partial charge in [-0.2, -0.15) is 0 Å². The molecule has 0 spiro atoms. The number of hydrogen-bond acceptors (Lipinski definition) is 3. The number of imidazole rings is 1. The second-order valence-corrected chi connectivity index (χ2v) is 4.44. The quantitative estimate of drug-likeness (QED) is 0.804. The monoisotopic (exact) mass is 286 g/mol. The Hall–Kier alpha value is -2.89. The third-order valence-electron chi connectivity index (χ3n) is 3.21. The summed E-state index contributed by atoms with van der Waals surface area (Å²) < 4.78 is 20.1. The number of carboxylic acids is 1. The molecule has 1 N–H and O–H groups in total. The van der Waals surface area contributed by atoms with E-state index < -0.39 is 11.8 Å². The van der Waals surface area contributed by atoms with Crippen LogP contribution in [0.2, 0.25) is 0 Å². The SMILES string of the molecule is COc1cc(-n2cnc3ccc(C(=O)O)cc32)ccc1F. The minimum atomic E-state index is -1.01. The summed E-state index contributed by atoms with van der Waals surface area (Å²) >= 11 is 0. The molecule has 0 bridgehead atoms. The third-order valence-corrected chi connectivity index (χ3v) is 3.21. The van der Waals surface area contributed by atoms with Crippen LogP contribution in [0.25, 0.3) is 16.7 Å². The zero-order valence-electron chi connectivity index (χ0n) is 11.1. The van der Waals surface area contributed by atoms with E-state index in [1.54, 1.807) is 23.0 Å². The summed E-state index contributed by atoms with van der Waals surface area (Å²) in [6.07, 6.45) is 1.56. The van der Waals surface area contributed by atoms with E-state index in [4.69, 9.17) is 9.84 Å². The second-order valence-electron chi connectivity index (χ2n) is 4.44. The molecule has 2 aromatic carbocycles. The minimum absolute atomic E-state index is 0.115. The van der Waals surface area contributed by atoms with Crippen molar-refractivity contribution < 1.29 is 19.0 Å². The van der Waals surface area contributed by atoms with Gasteiger partial charge in [0.1, 0.15) is 6.33 Å². The number of carbonyl (C=O) groups is 1. The molecule has 0 fully saturated rings. The standard InChI is InChI=1S/C15H11FN2O3/c1-21-14-7-10(3-4-11(14)16)18-8-17-12-5-2-9(15(19)20)6-13(12)18/h2-8H,1H3,(H,19,20). The Labute approximate surface area is 119 Å². The number of ether oxygens (including phenoxy) is 1. The molecule has 0 amide bonds. The van der Waals surface area contributed by atoms with Crippen LogP contribution in [0.15, 0.2) is 42.7 Å². The number of aromatic carboxylic acids is 1. The first-order chi connectivity index (χ1) is 10.1. The van der Waals surface area contributed by atoms with Crippen LogP contribution in [0.1, 0.15) is 10.4 Å². The van der Waals surface area contributed by atoms with Gasteiger partial charge in [0.2, 0.25) is 0 Å². The van der Waals surface area contributed by atoms with Gasteiger partial charge >= 0.3 is 5.97 Å². The maximum atomic E-state index is 13.5. The highest BCUT2D eigenvalue weighted by atomic mass is 19.1. The van der Waals surface area contributed by atoms with Gasteiger partial charge < -0.3 is 9.84 Å². The summed E-state index contributed by atoms with van der Waals surface area (Å²) in [4.78, 5) is 15.3. The first-order valence-electron chi connectivity index (χ1n) is 6.14. The van der Waals surface area contributed by atoms with Crippen molar-refractivity contribution >= 4 is 17.0 Å². The Morgan fingerprint density at radius 2 is 2.10 bits per heavy atom. The molecule has 0 unspecified atom stereocenters. The molecule has 1 heterocycles. The van der Waals surface area contributed by atoms with Crippen LogP contribution in [0.4, 0.5) is 4.39 Å². The van der Waals surface area contributed by atoms with Gasteiger partial charge in [-0.3, -0.25) is 4.57 Å². The first-order valence-corrected chi connectivity index (χ1v) is 6.14. The number of carboxylic acid groups (broad SMARTS) is 1. The lowest BCUT2D eigenvalue weighted by molar-refractivity contribution is 0.0697. The lowest BCUT2D eigenvalue weighted by Crippen LogP contribution is -1.98. The minimum Gasteiger partial charge on any atom is -0.494 e. The van der Waals surface area contributed by atoms with E-state index in [1.807, 2.05) is 0 Å². The zero-order chi connectivity index (χ0) is 15.0. The number of fused-ring (bicyclic) bond motifs is 1. The number of rotatable bonds is 3. The molecule has 0 aliphatic heterocycles. The van der Waals surface area contributed by atoms with Crippen LogP contribution in [-0.2, 0) is 0 Å². The van der Waals surface area contributed by atoms with E-state index in [-0.39, 0.29) is 11.3 Å². The second kappa shape index (κ2) is 4.90. The van der Waals surface area contributed by atoms with Crippen molar-refractivity contribution in [1.29, 1.82) is 0 Å². The largest absolute Gasteiger partial charge is 0.494 e. The van der Waals surface area contributed by atoms with E-state index in [1.165, 1.54) is 31.4 Å². The van der Waals surface area contributed by atoms with Gasteiger partial charge in [0.15, 0.2) is 11.6 Å². The molecule has 21 heavy (non-hydrogen) atoms. The van der Waals surface area contributed by atoms with E-state index in [0.29, 0.717) is 16.7 Å². The Balaban J connectivity index is 2.20. The van der Waals surface area contributed by atoms with Gasteiger partial charge in [0, 0.05) is 6.07 Å². The number of hydrogen-bond donors (Lipinski definition) is 1. The van der Waals surface area contributed by atoms with Crippen LogP contribution in [0.3, 0.4) is 0 Å². The smallest absolute Gasteiger partial charge is 0.335 e. The third kappa shape index (κ3) is 2.20. The first kappa shape index (κ1) is 13.1. The maximum absolute atomic E-state index is 13.5. The predicted octanol–water partition coefficient (Wildman–Crippen LogP) is 2.87. The van der Waals surface area contributed by atoms with Crippen molar-refractivity contribution in [3.63, 3.8) is 0 Å². The fourth-order valence-corrected chi connectivity index (χ4v) is 2.14. The van der Waals surface area contributed by atoms with Gasteiger partial charge in [0.25, 0.3) is 0 Å². The molecule has 5 nitrogen and oxygen atoms in total. The molecule has 3 rings (SSSR count). The Kier molecular flexibility index (Phi) is 3.06. The van der Waals surface area contributed by atoms with Crippen LogP contribution in [0.5, 0.6) is 5.75 Å². The van der Waals surface area contributed by atoms with Gasteiger partial charge in [0.05, 0.1) is 29.4 Å². The van der Waals surface area contributed by atoms with Gasteiger partial charge in [-0.25, -0.2) is 14.2 Å². The molecule has 0 aliphatic carbocycles. The summed E-state index contributed by atoms with van der Waals surface area (Å²) in [5.41, 5.74) is 2.09. The Morgan fingerprint density at radius 1 is 1.29 bits per heavy atom. The molecule has 0 saturated heterocycles. The van der Waals surface area contributed by atoms with Gasteiger partial charge in [-0.05, 0) is 30.3 Å². The van der Waals surface area contributed by atoms with Crippen LogP contribution in [-0.4, -0.2) is 27.7 Å². The van der Waals surface area contributed by atoms with Gasteiger partial charge in [-0.1, -0.05) is 0 Å². The lowest BCUT2D eigenvalue weighted by atomic mass is 10.2. The lowest BCUT2D eigenvalue weighted by Gasteiger charge is -2.08. The fourth-order valence-electron chi connectivity index (χ4n) is 2.14. The maximum Gasteiger partial charge on any atom is 0.335 e. The molecule has 0 atom stereocenters. The van der Waals surface area contributed by atoms with E-state index in [9.17, 15) is 9.18 Å². The zero-order valence-corrected chi connectivity index (χ0v) is 11.1. The summed E-state index contributed by atoms with van der Waals surface area (Å²) in [7, 11) is 1.39. The molecule has 1 aromatic heterocycles. The Morgan fingerprint density at radius 3 is 2.81 bits per heavy atom.